The van der Waals surface area contributed by atoms with E-state index in [1.807, 2.05) is 24.3 Å². The van der Waals surface area contributed by atoms with E-state index in [1.165, 1.54) is 17.8 Å². The van der Waals surface area contributed by atoms with Crippen LogP contribution in [0.2, 0.25) is 0 Å². The van der Waals surface area contributed by atoms with Crippen LogP contribution >= 0.6 is 11.8 Å². The number of hydrogen-bond acceptors (Lipinski definition) is 5. The Balaban J connectivity index is 2.03. The highest BCUT2D eigenvalue weighted by Gasteiger charge is 2.14. The van der Waals surface area contributed by atoms with Crippen LogP contribution in [0.5, 0.6) is 5.75 Å². The summed E-state index contributed by atoms with van der Waals surface area (Å²) in [7, 11) is 1.61. The molecule has 0 aromatic heterocycles. The molecule has 0 aliphatic carbocycles. The van der Waals surface area contributed by atoms with Gasteiger partial charge in [0, 0.05) is 17.9 Å². The Morgan fingerprint density at radius 3 is 2.52 bits per heavy atom. The number of ether oxygens (including phenoxy) is 1. The average Bonchev–Trinajstić information content (AvgIpc) is 2.52. The van der Waals surface area contributed by atoms with Gasteiger partial charge in [0.1, 0.15) is 5.75 Å². The van der Waals surface area contributed by atoms with Crippen molar-refractivity contribution >= 4 is 17.4 Å². The lowest BCUT2D eigenvalue weighted by molar-refractivity contribution is -0.387. The number of nitro groups is 1. The van der Waals surface area contributed by atoms with E-state index in [-0.39, 0.29) is 16.7 Å². The number of nitrogens with zero attached hydrogens (tertiary/aromatic N) is 1. The minimum absolute atomic E-state index is 0.115. The monoisotopic (exact) mass is 304 g/mol. The van der Waals surface area contributed by atoms with Crippen LogP contribution in [0.15, 0.2) is 53.4 Å². The van der Waals surface area contributed by atoms with Crippen LogP contribution in [-0.2, 0) is 0 Å². The van der Waals surface area contributed by atoms with Crippen molar-refractivity contribution in [3.05, 3.63) is 64.2 Å². The van der Waals surface area contributed by atoms with E-state index >= 15 is 0 Å². The smallest absolute Gasteiger partial charge is 0.282 e. The minimum atomic E-state index is -0.374. The summed E-state index contributed by atoms with van der Waals surface area (Å²) in [5.41, 5.74) is 7.22. The van der Waals surface area contributed by atoms with Crippen molar-refractivity contribution in [3.8, 4) is 5.75 Å². The summed E-state index contributed by atoms with van der Waals surface area (Å²) in [4.78, 5) is 11.2. The second-order valence-corrected chi connectivity index (χ2v) is 5.48. The Hall–Kier alpha value is -2.05. The molecular formula is C15H16N2O3S. The zero-order valence-electron chi connectivity index (χ0n) is 11.6. The van der Waals surface area contributed by atoms with Gasteiger partial charge in [0.15, 0.2) is 0 Å². The summed E-state index contributed by atoms with van der Waals surface area (Å²) in [5.74, 6) is 1.34. The second kappa shape index (κ2) is 7.10. The van der Waals surface area contributed by atoms with Crippen LogP contribution < -0.4 is 10.5 Å². The van der Waals surface area contributed by atoms with Gasteiger partial charge in [-0.1, -0.05) is 24.3 Å². The largest absolute Gasteiger partial charge is 0.497 e. The molecule has 1 unspecified atom stereocenters. The van der Waals surface area contributed by atoms with Crippen LogP contribution in [0.25, 0.3) is 0 Å². The van der Waals surface area contributed by atoms with Crippen molar-refractivity contribution < 1.29 is 9.66 Å². The molecule has 0 amide bonds. The van der Waals surface area contributed by atoms with Crippen LogP contribution in [0.4, 0.5) is 5.69 Å². The van der Waals surface area contributed by atoms with Crippen molar-refractivity contribution in [1.82, 2.24) is 0 Å². The summed E-state index contributed by atoms with van der Waals surface area (Å²) in [6, 6.07) is 14.0. The van der Waals surface area contributed by atoms with E-state index in [1.54, 1.807) is 25.3 Å². The molecule has 0 bridgehead atoms. The van der Waals surface area contributed by atoms with E-state index in [9.17, 15) is 10.1 Å². The maximum Gasteiger partial charge on any atom is 0.282 e. The van der Waals surface area contributed by atoms with Gasteiger partial charge in [-0.15, -0.1) is 11.8 Å². The molecule has 2 rings (SSSR count). The highest BCUT2D eigenvalue weighted by atomic mass is 32.2. The fraction of sp³-hybridized carbons (Fsp3) is 0.200. The van der Waals surface area contributed by atoms with Crippen LogP contribution in [-0.4, -0.2) is 17.8 Å². The van der Waals surface area contributed by atoms with E-state index in [0.29, 0.717) is 10.6 Å². The van der Waals surface area contributed by atoms with Gasteiger partial charge in [0.05, 0.1) is 16.9 Å². The first-order chi connectivity index (χ1) is 10.1. The Kier molecular flexibility index (Phi) is 5.19. The summed E-state index contributed by atoms with van der Waals surface area (Å²) >= 11 is 1.39. The van der Waals surface area contributed by atoms with E-state index < -0.39 is 0 Å². The topological polar surface area (TPSA) is 78.4 Å². The molecule has 0 aliphatic heterocycles. The summed E-state index contributed by atoms with van der Waals surface area (Å²) < 4.78 is 5.10. The first-order valence-electron chi connectivity index (χ1n) is 6.37. The SMILES string of the molecule is COc1ccc(C(N)CSc2ccccc2[N+](=O)[O-])cc1. The van der Waals surface area contributed by atoms with Gasteiger partial charge in [-0.2, -0.15) is 0 Å². The highest BCUT2D eigenvalue weighted by molar-refractivity contribution is 7.99. The lowest BCUT2D eigenvalue weighted by atomic mass is 10.1. The molecule has 0 saturated carbocycles. The van der Waals surface area contributed by atoms with Crippen LogP contribution in [0.3, 0.4) is 0 Å². The van der Waals surface area contributed by atoms with Crippen molar-refractivity contribution in [2.24, 2.45) is 5.73 Å². The first-order valence-corrected chi connectivity index (χ1v) is 7.36. The summed E-state index contributed by atoms with van der Waals surface area (Å²) in [6.45, 7) is 0. The molecule has 6 heteroatoms. The number of thioether (sulfide) groups is 1. The molecule has 5 nitrogen and oxygen atoms in total. The fourth-order valence-corrected chi connectivity index (χ4v) is 2.87. The minimum Gasteiger partial charge on any atom is -0.497 e. The molecule has 0 fully saturated rings. The number of hydrogen-bond donors (Lipinski definition) is 1. The summed E-state index contributed by atoms with van der Waals surface area (Å²) in [5, 5.41) is 11.0. The lowest BCUT2D eigenvalue weighted by Gasteiger charge is -2.12. The number of rotatable bonds is 6. The van der Waals surface area contributed by atoms with E-state index in [2.05, 4.69) is 0 Å². The number of para-hydroxylation sites is 1. The van der Waals surface area contributed by atoms with Gasteiger partial charge in [-0.05, 0) is 23.8 Å². The Morgan fingerprint density at radius 1 is 1.24 bits per heavy atom. The Labute approximate surface area is 127 Å². The Morgan fingerprint density at radius 2 is 1.90 bits per heavy atom. The maximum absolute atomic E-state index is 11.0. The van der Waals surface area contributed by atoms with E-state index in [0.717, 1.165) is 11.3 Å². The summed E-state index contributed by atoms with van der Waals surface area (Å²) in [6.07, 6.45) is 0. The van der Waals surface area contributed by atoms with Gasteiger partial charge >= 0.3 is 0 Å². The number of nitrogens with two attached hydrogens (primary N) is 1. The third kappa shape index (κ3) is 3.96. The van der Waals surface area contributed by atoms with E-state index in [4.69, 9.17) is 10.5 Å². The number of methoxy groups -OCH3 is 1. The number of nitro benzene ring substituents is 1. The van der Waals surface area contributed by atoms with Gasteiger partial charge in [0.2, 0.25) is 0 Å². The highest BCUT2D eigenvalue weighted by Crippen LogP contribution is 2.31. The predicted molar refractivity (Wildman–Crippen MR) is 83.7 cm³/mol. The lowest BCUT2D eigenvalue weighted by Crippen LogP contribution is -2.12. The van der Waals surface area contributed by atoms with Crippen molar-refractivity contribution in [1.29, 1.82) is 0 Å². The third-order valence-corrected chi connectivity index (χ3v) is 4.21. The zero-order chi connectivity index (χ0) is 15.2. The zero-order valence-corrected chi connectivity index (χ0v) is 12.4. The molecule has 2 N–H and O–H groups in total. The molecule has 2 aromatic carbocycles. The molecule has 0 aliphatic rings. The van der Waals surface area contributed by atoms with Crippen molar-refractivity contribution in [2.45, 2.75) is 10.9 Å². The first kappa shape index (κ1) is 15.3. The molecule has 0 radical (unpaired) electrons. The third-order valence-electron chi connectivity index (χ3n) is 3.02. The van der Waals surface area contributed by atoms with Gasteiger partial charge in [-0.3, -0.25) is 10.1 Å². The van der Waals surface area contributed by atoms with Gasteiger partial charge in [-0.25, -0.2) is 0 Å². The quantitative estimate of drug-likeness (QED) is 0.503. The van der Waals surface area contributed by atoms with Crippen molar-refractivity contribution in [3.63, 3.8) is 0 Å². The average molecular weight is 304 g/mol. The molecule has 0 saturated heterocycles. The molecule has 1 atom stereocenters. The molecule has 2 aromatic rings. The van der Waals surface area contributed by atoms with Gasteiger partial charge < -0.3 is 10.5 Å². The normalized spacial score (nSPS) is 11.9. The van der Waals surface area contributed by atoms with Crippen LogP contribution in [0, 0.1) is 10.1 Å². The van der Waals surface area contributed by atoms with Crippen molar-refractivity contribution in [2.75, 3.05) is 12.9 Å². The molecule has 0 spiro atoms. The Bertz CT molecular complexity index is 617. The molecule has 110 valence electrons. The molecule has 21 heavy (non-hydrogen) atoms. The molecule has 0 heterocycles. The predicted octanol–water partition coefficient (Wildman–Crippen LogP) is 3.40. The molecular weight excluding hydrogens is 288 g/mol. The van der Waals surface area contributed by atoms with Gasteiger partial charge in [0.25, 0.3) is 5.69 Å². The second-order valence-electron chi connectivity index (χ2n) is 4.42. The number of benzene rings is 2. The fourth-order valence-electron chi connectivity index (χ4n) is 1.86. The maximum atomic E-state index is 11.0. The standard InChI is InChI=1S/C15H16N2O3S/c1-20-12-8-6-11(7-9-12)13(16)10-21-15-5-3-2-4-14(15)17(18)19/h2-9,13H,10,16H2,1H3. The van der Waals surface area contributed by atoms with Crippen LogP contribution in [0.1, 0.15) is 11.6 Å².